The van der Waals surface area contributed by atoms with Gasteiger partial charge in [0.15, 0.2) is 0 Å². The highest BCUT2D eigenvalue weighted by Gasteiger charge is 2.36. The van der Waals surface area contributed by atoms with Crippen LogP contribution in [0.1, 0.15) is 24.0 Å². The van der Waals surface area contributed by atoms with Crippen molar-refractivity contribution in [2.24, 2.45) is 5.92 Å². The molecule has 3 heterocycles. The maximum atomic E-state index is 11.6. The Morgan fingerprint density at radius 1 is 1.00 bits per heavy atom. The normalized spacial score (nSPS) is 22.7. The SMILES string of the molecule is O=C1C[C@H]2CCN(Cc3ccc4ccn(Cc5ccccc5)c4c3)C[C@H]2N1. The second-order valence-electron chi connectivity index (χ2n) is 7.98. The molecular formula is C23H25N3O. The van der Waals surface area contributed by atoms with Crippen LogP contribution in [0.2, 0.25) is 0 Å². The summed E-state index contributed by atoms with van der Waals surface area (Å²) >= 11 is 0. The minimum atomic E-state index is 0.229. The molecule has 1 N–H and O–H groups in total. The summed E-state index contributed by atoms with van der Waals surface area (Å²) in [5.41, 5.74) is 3.96. The van der Waals surface area contributed by atoms with Gasteiger partial charge >= 0.3 is 0 Å². The largest absolute Gasteiger partial charge is 0.352 e. The molecule has 0 aliphatic carbocycles. The molecule has 27 heavy (non-hydrogen) atoms. The van der Waals surface area contributed by atoms with E-state index in [1.807, 2.05) is 0 Å². The smallest absolute Gasteiger partial charge is 0.220 e. The summed E-state index contributed by atoms with van der Waals surface area (Å²) in [5.74, 6) is 0.770. The Bertz CT molecular complexity index is 962. The summed E-state index contributed by atoms with van der Waals surface area (Å²) in [6, 6.07) is 20.0. The Kier molecular flexibility index (Phi) is 4.21. The molecule has 0 saturated carbocycles. The first-order valence-electron chi connectivity index (χ1n) is 9.88. The molecule has 138 valence electrons. The van der Waals surface area contributed by atoms with Gasteiger partial charge in [0.25, 0.3) is 0 Å². The lowest BCUT2D eigenvalue weighted by molar-refractivity contribution is -0.119. The Hall–Kier alpha value is -2.59. The fraction of sp³-hybridized carbons (Fsp3) is 0.348. The predicted molar refractivity (Wildman–Crippen MR) is 107 cm³/mol. The maximum absolute atomic E-state index is 11.6. The van der Waals surface area contributed by atoms with Gasteiger partial charge in [0.1, 0.15) is 0 Å². The summed E-state index contributed by atoms with van der Waals surface area (Å²) in [5, 5.41) is 4.44. The van der Waals surface area contributed by atoms with Crippen molar-refractivity contribution in [2.75, 3.05) is 13.1 Å². The molecule has 2 saturated heterocycles. The van der Waals surface area contributed by atoms with Crippen LogP contribution in [0.3, 0.4) is 0 Å². The fourth-order valence-corrected chi connectivity index (χ4v) is 4.63. The van der Waals surface area contributed by atoms with Crippen LogP contribution in [0.4, 0.5) is 0 Å². The van der Waals surface area contributed by atoms with Gasteiger partial charge in [0.2, 0.25) is 5.91 Å². The highest BCUT2D eigenvalue weighted by atomic mass is 16.2. The third-order valence-corrected chi connectivity index (χ3v) is 6.07. The number of amides is 1. The molecule has 4 heteroatoms. The summed E-state index contributed by atoms with van der Waals surface area (Å²) in [4.78, 5) is 14.1. The first-order chi connectivity index (χ1) is 13.2. The van der Waals surface area contributed by atoms with Crippen molar-refractivity contribution in [3.8, 4) is 0 Å². The molecule has 5 rings (SSSR count). The lowest BCUT2D eigenvalue weighted by atomic mass is 9.92. The topological polar surface area (TPSA) is 37.3 Å². The highest BCUT2D eigenvalue weighted by molar-refractivity contribution is 5.81. The standard InChI is InChI=1S/C23H25N3O/c27-23-13-20-8-10-25(16-21(20)24-23)14-18-6-7-19-9-11-26(22(19)12-18)15-17-4-2-1-3-5-17/h1-7,9,11-12,20-21H,8,10,13-16H2,(H,24,27)/t20-,21-/m1/s1. The minimum Gasteiger partial charge on any atom is -0.352 e. The zero-order valence-corrected chi connectivity index (χ0v) is 15.5. The molecule has 1 aromatic heterocycles. The second-order valence-corrected chi connectivity index (χ2v) is 7.98. The van der Waals surface area contributed by atoms with Gasteiger partial charge in [-0.3, -0.25) is 9.69 Å². The molecule has 1 amide bonds. The predicted octanol–water partition coefficient (Wildman–Crippen LogP) is 3.40. The Morgan fingerprint density at radius 2 is 1.89 bits per heavy atom. The number of rotatable bonds is 4. The number of carbonyl (C=O) groups is 1. The number of hydrogen-bond acceptors (Lipinski definition) is 2. The van der Waals surface area contributed by atoms with Gasteiger partial charge < -0.3 is 9.88 Å². The summed E-state index contributed by atoms with van der Waals surface area (Å²) in [6.07, 6.45) is 4.02. The number of likely N-dealkylation sites (tertiary alicyclic amines) is 1. The van der Waals surface area contributed by atoms with Gasteiger partial charge in [-0.2, -0.15) is 0 Å². The number of nitrogens with zero attached hydrogens (tertiary/aromatic N) is 2. The minimum absolute atomic E-state index is 0.229. The number of aromatic nitrogens is 1. The zero-order chi connectivity index (χ0) is 18.2. The Labute approximate surface area is 159 Å². The molecule has 2 aromatic carbocycles. The van der Waals surface area contributed by atoms with E-state index in [1.165, 1.54) is 22.0 Å². The summed E-state index contributed by atoms with van der Waals surface area (Å²) in [7, 11) is 0. The van der Waals surface area contributed by atoms with Crippen LogP contribution in [-0.2, 0) is 17.9 Å². The van der Waals surface area contributed by atoms with E-state index in [-0.39, 0.29) is 5.91 Å². The molecular weight excluding hydrogens is 334 g/mol. The lowest BCUT2D eigenvalue weighted by Crippen LogP contribution is -2.46. The van der Waals surface area contributed by atoms with Crippen LogP contribution in [-0.4, -0.2) is 34.5 Å². The van der Waals surface area contributed by atoms with E-state index in [2.05, 4.69) is 75.6 Å². The van der Waals surface area contributed by atoms with Gasteiger partial charge in [-0.15, -0.1) is 0 Å². The van der Waals surface area contributed by atoms with E-state index >= 15 is 0 Å². The van der Waals surface area contributed by atoms with Crippen molar-refractivity contribution < 1.29 is 4.79 Å². The van der Waals surface area contributed by atoms with Crippen molar-refractivity contribution in [1.29, 1.82) is 0 Å². The Morgan fingerprint density at radius 3 is 2.78 bits per heavy atom. The third kappa shape index (κ3) is 3.37. The van der Waals surface area contributed by atoms with Crippen molar-refractivity contribution in [1.82, 2.24) is 14.8 Å². The quantitative estimate of drug-likeness (QED) is 0.775. The fourth-order valence-electron chi connectivity index (χ4n) is 4.63. The average molecular weight is 359 g/mol. The van der Waals surface area contributed by atoms with E-state index in [9.17, 15) is 4.79 Å². The molecule has 2 fully saturated rings. The molecule has 4 nitrogen and oxygen atoms in total. The van der Waals surface area contributed by atoms with Crippen LogP contribution in [0, 0.1) is 5.92 Å². The molecule has 3 aromatic rings. The maximum Gasteiger partial charge on any atom is 0.220 e. The number of nitrogens with one attached hydrogen (secondary N) is 1. The van der Waals surface area contributed by atoms with Gasteiger partial charge in [-0.05, 0) is 47.5 Å². The molecule has 2 aliphatic rings. The van der Waals surface area contributed by atoms with Crippen LogP contribution in [0.5, 0.6) is 0 Å². The van der Waals surface area contributed by atoms with E-state index < -0.39 is 0 Å². The molecule has 0 bridgehead atoms. The van der Waals surface area contributed by atoms with E-state index in [0.29, 0.717) is 12.0 Å². The van der Waals surface area contributed by atoms with Gasteiger partial charge in [-0.25, -0.2) is 0 Å². The van der Waals surface area contributed by atoms with Gasteiger partial charge in [-0.1, -0.05) is 42.5 Å². The van der Waals surface area contributed by atoms with Crippen LogP contribution in [0.25, 0.3) is 10.9 Å². The zero-order valence-electron chi connectivity index (χ0n) is 15.5. The number of benzene rings is 2. The first kappa shape index (κ1) is 16.6. The van der Waals surface area contributed by atoms with Crippen LogP contribution in [0.15, 0.2) is 60.8 Å². The van der Waals surface area contributed by atoms with Crippen molar-refractivity contribution >= 4 is 16.8 Å². The first-order valence-corrected chi connectivity index (χ1v) is 9.88. The average Bonchev–Trinajstić information content (AvgIpc) is 3.25. The molecule has 0 spiro atoms. The van der Waals surface area contributed by atoms with Crippen LogP contribution < -0.4 is 5.32 Å². The van der Waals surface area contributed by atoms with Crippen molar-refractivity contribution in [3.05, 3.63) is 71.9 Å². The molecule has 0 unspecified atom stereocenters. The second kappa shape index (κ2) is 6.86. The van der Waals surface area contributed by atoms with E-state index in [0.717, 1.165) is 39.0 Å². The monoisotopic (exact) mass is 359 g/mol. The Balaban J connectivity index is 1.34. The molecule has 2 aliphatic heterocycles. The third-order valence-electron chi connectivity index (χ3n) is 6.07. The number of carbonyl (C=O) groups excluding carboxylic acids is 1. The van der Waals surface area contributed by atoms with Gasteiger partial charge in [0.05, 0.1) is 0 Å². The van der Waals surface area contributed by atoms with Crippen molar-refractivity contribution in [2.45, 2.75) is 32.0 Å². The number of hydrogen-bond donors (Lipinski definition) is 1. The van der Waals surface area contributed by atoms with Crippen LogP contribution >= 0.6 is 0 Å². The van der Waals surface area contributed by atoms with Crippen molar-refractivity contribution in [3.63, 3.8) is 0 Å². The number of piperidine rings is 1. The number of fused-ring (bicyclic) bond motifs is 2. The summed E-state index contributed by atoms with van der Waals surface area (Å²) in [6.45, 7) is 3.90. The lowest BCUT2D eigenvalue weighted by Gasteiger charge is -2.34. The summed E-state index contributed by atoms with van der Waals surface area (Å²) < 4.78 is 2.33. The highest BCUT2D eigenvalue weighted by Crippen LogP contribution is 2.27. The molecule has 0 radical (unpaired) electrons. The van der Waals surface area contributed by atoms with E-state index in [1.54, 1.807) is 0 Å². The van der Waals surface area contributed by atoms with Gasteiger partial charge in [0, 0.05) is 43.8 Å². The molecule has 2 atom stereocenters. The van der Waals surface area contributed by atoms with E-state index in [4.69, 9.17) is 0 Å².